The van der Waals surface area contributed by atoms with E-state index in [9.17, 15) is 9.59 Å². The highest BCUT2D eigenvalue weighted by Crippen LogP contribution is 2.11. The number of rotatable bonds is 6. The van der Waals surface area contributed by atoms with Gasteiger partial charge in [-0.15, -0.1) is 12.4 Å². The number of amidine groups is 1. The second-order valence-corrected chi connectivity index (χ2v) is 3.52. The van der Waals surface area contributed by atoms with Gasteiger partial charge in [0.05, 0.1) is 11.5 Å². The van der Waals surface area contributed by atoms with E-state index < -0.39 is 0 Å². The SMILES string of the molecule is Cl.Cn1cc(NC=O)cc1C(=O)NCCC(=N)N. The minimum Gasteiger partial charge on any atom is -0.388 e. The predicted molar refractivity (Wildman–Crippen MR) is 71.2 cm³/mol. The first-order chi connectivity index (χ1) is 8.04. The lowest BCUT2D eigenvalue weighted by Gasteiger charge is -2.04. The van der Waals surface area contributed by atoms with Crippen LogP contribution in [0.15, 0.2) is 12.3 Å². The normalized spacial score (nSPS) is 9.17. The molecule has 8 heteroatoms. The lowest BCUT2D eigenvalue weighted by molar-refractivity contribution is -0.105. The van der Waals surface area contributed by atoms with Crippen LogP contribution in [0.5, 0.6) is 0 Å². The van der Waals surface area contributed by atoms with Crippen molar-refractivity contribution < 1.29 is 9.59 Å². The number of nitrogens with zero attached hydrogens (tertiary/aromatic N) is 1. The maximum Gasteiger partial charge on any atom is 0.267 e. The molecular formula is C10H16ClN5O2. The molecule has 18 heavy (non-hydrogen) atoms. The van der Waals surface area contributed by atoms with E-state index in [0.29, 0.717) is 30.8 Å². The van der Waals surface area contributed by atoms with Gasteiger partial charge in [-0.05, 0) is 6.07 Å². The van der Waals surface area contributed by atoms with Crippen LogP contribution < -0.4 is 16.4 Å². The number of aromatic nitrogens is 1. The summed E-state index contributed by atoms with van der Waals surface area (Å²) in [5.41, 5.74) is 6.15. The van der Waals surface area contributed by atoms with Crippen molar-refractivity contribution in [3.63, 3.8) is 0 Å². The van der Waals surface area contributed by atoms with E-state index in [2.05, 4.69) is 10.6 Å². The lowest BCUT2D eigenvalue weighted by atomic mass is 10.3. The maximum atomic E-state index is 11.7. The fourth-order valence-electron chi connectivity index (χ4n) is 1.34. The number of hydrogen-bond donors (Lipinski definition) is 4. The smallest absolute Gasteiger partial charge is 0.267 e. The van der Waals surface area contributed by atoms with Crippen molar-refractivity contribution in [1.29, 1.82) is 5.41 Å². The Morgan fingerprint density at radius 1 is 1.61 bits per heavy atom. The van der Waals surface area contributed by atoms with Crippen LogP contribution in [0.3, 0.4) is 0 Å². The van der Waals surface area contributed by atoms with Crippen LogP contribution in [0.1, 0.15) is 16.9 Å². The van der Waals surface area contributed by atoms with Crippen LogP contribution in [0, 0.1) is 5.41 Å². The van der Waals surface area contributed by atoms with Crippen molar-refractivity contribution >= 4 is 36.2 Å². The van der Waals surface area contributed by atoms with E-state index in [1.807, 2.05) is 0 Å². The van der Waals surface area contributed by atoms with Crippen LogP contribution in [0.2, 0.25) is 0 Å². The number of carbonyl (C=O) groups excluding carboxylic acids is 2. The Balaban J connectivity index is 0.00000289. The molecule has 0 aliphatic heterocycles. The molecule has 0 bridgehead atoms. The summed E-state index contributed by atoms with van der Waals surface area (Å²) in [6, 6.07) is 1.57. The molecule has 0 radical (unpaired) electrons. The van der Waals surface area contributed by atoms with Crippen LogP contribution >= 0.6 is 12.4 Å². The molecule has 0 spiro atoms. The fraction of sp³-hybridized carbons (Fsp3) is 0.300. The van der Waals surface area contributed by atoms with Gasteiger partial charge in [-0.3, -0.25) is 15.0 Å². The monoisotopic (exact) mass is 273 g/mol. The highest BCUT2D eigenvalue weighted by Gasteiger charge is 2.10. The number of nitrogens with two attached hydrogens (primary N) is 1. The van der Waals surface area contributed by atoms with Crippen molar-refractivity contribution in [2.45, 2.75) is 6.42 Å². The van der Waals surface area contributed by atoms with Gasteiger partial charge in [0.25, 0.3) is 5.91 Å². The zero-order chi connectivity index (χ0) is 12.8. The van der Waals surface area contributed by atoms with E-state index in [1.165, 1.54) is 0 Å². The first-order valence-electron chi connectivity index (χ1n) is 5.02. The van der Waals surface area contributed by atoms with E-state index in [4.69, 9.17) is 11.1 Å². The molecule has 0 aliphatic rings. The summed E-state index contributed by atoms with van der Waals surface area (Å²) in [4.78, 5) is 22.0. The lowest BCUT2D eigenvalue weighted by Crippen LogP contribution is -2.28. The molecule has 0 saturated heterocycles. The topological polar surface area (TPSA) is 113 Å². The molecule has 1 aromatic rings. The molecule has 100 valence electrons. The Morgan fingerprint density at radius 3 is 2.83 bits per heavy atom. The molecule has 0 aromatic carbocycles. The van der Waals surface area contributed by atoms with E-state index in [-0.39, 0.29) is 24.1 Å². The fourth-order valence-corrected chi connectivity index (χ4v) is 1.34. The Kier molecular flexibility index (Phi) is 6.51. The number of aryl methyl sites for hydroxylation is 1. The Morgan fingerprint density at radius 2 is 2.28 bits per heavy atom. The Labute approximate surface area is 111 Å². The van der Waals surface area contributed by atoms with Gasteiger partial charge in [0.1, 0.15) is 5.69 Å². The quantitative estimate of drug-likeness (QED) is 0.334. The zero-order valence-electron chi connectivity index (χ0n) is 9.90. The van der Waals surface area contributed by atoms with Gasteiger partial charge >= 0.3 is 0 Å². The van der Waals surface area contributed by atoms with Crippen molar-refractivity contribution in [2.75, 3.05) is 11.9 Å². The molecule has 0 fully saturated rings. The molecule has 7 nitrogen and oxygen atoms in total. The second-order valence-electron chi connectivity index (χ2n) is 3.52. The number of hydrogen-bond acceptors (Lipinski definition) is 3. The molecular weight excluding hydrogens is 258 g/mol. The highest BCUT2D eigenvalue weighted by molar-refractivity contribution is 5.94. The van der Waals surface area contributed by atoms with Gasteiger partial charge in [0.15, 0.2) is 0 Å². The van der Waals surface area contributed by atoms with Crippen LogP contribution in [-0.4, -0.2) is 29.3 Å². The molecule has 1 rings (SSSR count). The van der Waals surface area contributed by atoms with Crippen molar-refractivity contribution in [1.82, 2.24) is 9.88 Å². The minimum absolute atomic E-state index is 0. The minimum atomic E-state index is -0.271. The van der Waals surface area contributed by atoms with Gasteiger partial charge in [-0.1, -0.05) is 0 Å². The highest BCUT2D eigenvalue weighted by atomic mass is 35.5. The van der Waals surface area contributed by atoms with E-state index in [1.54, 1.807) is 23.9 Å². The Hall–Kier alpha value is -2.02. The molecule has 0 aliphatic carbocycles. The van der Waals surface area contributed by atoms with Gasteiger partial charge in [-0.2, -0.15) is 0 Å². The summed E-state index contributed by atoms with van der Waals surface area (Å²) < 4.78 is 1.61. The van der Waals surface area contributed by atoms with Crippen molar-refractivity contribution in [3.05, 3.63) is 18.0 Å². The number of carbonyl (C=O) groups is 2. The first-order valence-corrected chi connectivity index (χ1v) is 5.02. The molecule has 0 atom stereocenters. The number of anilines is 1. The largest absolute Gasteiger partial charge is 0.388 e. The number of halogens is 1. The average molecular weight is 274 g/mol. The van der Waals surface area contributed by atoms with E-state index in [0.717, 1.165) is 0 Å². The summed E-state index contributed by atoms with van der Waals surface area (Å²) >= 11 is 0. The van der Waals surface area contributed by atoms with Gasteiger partial charge in [-0.25, -0.2) is 0 Å². The summed E-state index contributed by atoms with van der Waals surface area (Å²) in [5.74, 6) is -0.242. The maximum absolute atomic E-state index is 11.7. The summed E-state index contributed by atoms with van der Waals surface area (Å²) in [5, 5.41) is 12.1. The first kappa shape index (κ1) is 16.0. The van der Waals surface area contributed by atoms with Crippen LogP contribution in [-0.2, 0) is 11.8 Å². The van der Waals surface area contributed by atoms with Gasteiger partial charge in [0.2, 0.25) is 6.41 Å². The third-order valence-electron chi connectivity index (χ3n) is 2.14. The van der Waals surface area contributed by atoms with Gasteiger partial charge < -0.3 is 20.9 Å². The van der Waals surface area contributed by atoms with Gasteiger partial charge in [0, 0.05) is 26.2 Å². The molecule has 5 N–H and O–H groups in total. The number of amides is 2. The van der Waals surface area contributed by atoms with Crippen LogP contribution in [0.4, 0.5) is 5.69 Å². The predicted octanol–water partition coefficient (Wildman–Crippen LogP) is 0.0711. The standard InChI is InChI=1S/C10H15N5O2.ClH/c1-15-5-7(14-6-16)4-8(15)10(17)13-3-2-9(11)12;/h4-6H,2-3H2,1H3,(H3,11,12)(H,13,17)(H,14,16);1H. The third-order valence-corrected chi connectivity index (χ3v) is 2.14. The molecule has 0 unspecified atom stereocenters. The summed E-state index contributed by atoms with van der Waals surface area (Å²) in [7, 11) is 1.70. The van der Waals surface area contributed by atoms with Crippen molar-refractivity contribution in [3.8, 4) is 0 Å². The molecule has 2 amide bonds. The number of nitrogens with one attached hydrogen (secondary N) is 3. The zero-order valence-corrected chi connectivity index (χ0v) is 10.7. The second kappa shape index (κ2) is 7.33. The van der Waals surface area contributed by atoms with Crippen LogP contribution in [0.25, 0.3) is 0 Å². The third kappa shape index (κ3) is 4.46. The summed E-state index contributed by atoms with van der Waals surface area (Å²) in [6.45, 7) is 0.315. The Bertz CT molecular complexity index is 443. The average Bonchev–Trinajstić information content (AvgIpc) is 2.59. The summed E-state index contributed by atoms with van der Waals surface area (Å²) in [6.07, 6.45) is 2.50. The molecule has 1 aromatic heterocycles. The molecule has 0 saturated carbocycles. The molecule has 1 heterocycles. The van der Waals surface area contributed by atoms with E-state index >= 15 is 0 Å². The van der Waals surface area contributed by atoms with Crippen molar-refractivity contribution in [2.24, 2.45) is 12.8 Å².